The molecule has 4 rings (SSSR count). The van der Waals surface area contributed by atoms with Crippen LogP contribution in [-0.4, -0.2) is 18.8 Å². The lowest BCUT2D eigenvalue weighted by atomic mass is 9.62. The Balaban J connectivity index is 1.92. The highest BCUT2D eigenvalue weighted by atomic mass is 16.5. The molecule has 0 amide bonds. The minimum atomic E-state index is 0.146. The van der Waals surface area contributed by atoms with Gasteiger partial charge >= 0.3 is 0 Å². The molecule has 1 fully saturated rings. The van der Waals surface area contributed by atoms with Crippen LogP contribution in [0.3, 0.4) is 0 Å². The Morgan fingerprint density at radius 3 is 2.60 bits per heavy atom. The maximum absolute atomic E-state index is 6.17. The molecule has 3 heteroatoms. The zero-order chi connectivity index (χ0) is 13.9. The number of rotatable bonds is 2. The van der Waals surface area contributed by atoms with Crippen LogP contribution in [0, 0.1) is 0 Å². The van der Waals surface area contributed by atoms with E-state index >= 15 is 0 Å². The predicted octanol–water partition coefficient (Wildman–Crippen LogP) is 2.71. The van der Waals surface area contributed by atoms with Crippen LogP contribution in [0.1, 0.15) is 49.8 Å². The summed E-state index contributed by atoms with van der Waals surface area (Å²) in [5, 5.41) is 0. The van der Waals surface area contributed by atoms with Crippen molar-refractivity contribution in [2.45, 2.75) is 63.6 Å². The highest BCUT2D eigenvalue weighted by molar-refractivity contribution is 5.60. The first-order valence-electron chi connectivity index (χ1n) is 7.85. The number of ether oxygens (including phenoxy) is 2. The highest BCUT2D eigenvalue weighted by Gasteiger charge is 2.45. The maximum Gasteiger partial charge on any atom is 0.127 e. The van der Waals surface area contributed by atoms with Crippen molar-refractivity contribution in [3.8, 4) is 11.5 Å². The summed E-state index contributed by atoms with van der Waals surface area (Å²) < 4.78 is 12.2. The molecule has 20 heavy (non-hydrogen) atoms. The Labute approximate surface area is 120 Å². The molecule has 2 N–H and O–H groups in total. The summed E-state index contributed by atoms with van der Waals surface area (Å²) >= 11 is 0. The first-order valence-corrected chi connectivity index (χ1v) is 7.85. The van der Waals surface area contributed by atoms with Crippen LogP contribution < -0.4 is 15.2 Å². The third-order valence-electron chi connectivity index (χ3n) is 5.30. The second-order valence-electron chi connectivity index (χ2n) is 6.82. The van der Waals surface area contributed by atoms with Gasteiger partial charge in [0, 0.05) is 41.5 Å². The van der Waals surface area contributed by atoms with Crippen molar-refractivity contribution in [1.82, 2.24) is 0 Å². The van der Waals surface area contributed by atoms with Gasteiger partial charge in [-0.3, -0.25) is 0 Å². The van der Waals surface area contributed by atoms with Gasteiger partial charge in [-0.2, -0.15) is 0 Å². The van der Waals surface area contributed by atoms with E-state index < -0.39 is 0 Å². The smallest absolute Gasteiger partial charge is 0.127 e. The lowest BCUT2D eigenvalue weighted by Crippen LogP contribution is -2.42. The average molecular weight is 273 g/mol. The third kappa shape index (κ3) is 1.56. The molecule has 2 aliphatic heterocycles. The van der Waals surface area contributed by atoms with E-state index in [2.05, 4.69) is 19.9 Å². The summed E-state index contributed by atoms with van der Waals surface area (Å²) in [6.45, 7) is 5.02. The van der Waals surface area contributed by atoms with Crippen molar-refractivity contribution < 1.29 is 9.47 Å². The van der Waals surface area contributed by atoms with Gasteiger partial charge in [-0.25, -0.2) is 0 Å². The van der Waals surface area contributed by atoms with Gasteiger partial charge in [0.15, 0.2) is 0 Å². The van der Waals surface area contributed by atoms with Gasteiger partial charge < -0.3 is 15.2 Å². The summed E-state index contributed by atoms with van der Waals surface area (Å²) in [4.78, 5) is 0. The second kappa shape index (κ2) is 4.14. The molecule has 0 spiro atoms. The van der Waals surface area contributed by atoms with E-state index in [-0.39, 0.29) is 17.6 Å². The van der Waals surface area contributed by atoms with Gasteiger partial charge in [0.05, 0.1) is 0 Å². The minimum absolute atomic E-state index is 0.146. The van der Waals surface area contributed by atoms with Crippen molar-refractivity contribution in [2.24, 2.45) is 5.73 Å². The SMILES string of the molecule is CC1Cc2c(cc3c(c2C2(CN)CCC2)OC(C)C3)O1. The van der Waals surface area contributed by atoms with E-state index in [0.29, 0.717) is 0 Å². The number of hydrogen-bond acceptors (Lipinski definition) is 3. The van der Waals surface area contributed by atoms with Crippen LogP contribution >= 0.6 is 0 Å². The van der Waals surface area contributed by atoms with Crippen LogP contribution in [0.15, 0.2) is 6.07 Å². The summed E-state index contributed by atoms with van der Waals surface area (Å²) in [6, 6.07) is 2.21. The van der Waals surface area contributed by atoms with Gasteiger partial charge in [0.25, 0.3) is 0 Å². The van der Waals surface area contributed by atoms with Crippen molar-refractivity contribution in [3.63, 3.8) is 0 Å². The molecule has 108 valence electrons. The minimum Gasteiger partial charge on any atom is -0.490 e. The Morgan fingerprint density at radius 2 is 1.95 bits per heavy atom. The lowest BCUT2D eigenvalue weighted by molar-refractivity contribution is 0.218. The molecule has 0 radical (unpaired) electrons. The zero-order valence-corrected chi connectivity index (χ0v) is 12.4. The predicted molar refractivity (Wildman–Crippen MR) is 78.6 cm³/mol. The fraction of sp³-hybridized carbons (Fsp3) is 0.647. The van der Waals surface area contributed by atoms with Crippen molar-refractivity contribution >= 4 is 0 Å². The van der Waals surface area contributed by atoms with Gasteiger partial charge in [-0.1, -0.05) is 6.42 Å². The molecule has 2 heterocycles. The molecular formula is C17H23NO2. The third-order valence-corrected chi connectivity index (χ3v) is 5.30. The number of fused-ring (bicyclic) bond motifs is 2. The van der Waals surface area contributed by atoms with Crippen molar-refractivity contribution in [1.29, 1.82) is 0 Å². The monoisotopic (exact) mass is 273 g/mol. The Bertz CT molecular complexity index is 521. The Morgan fingerprint density at radius 1 is 1.20 bits per heavy atom. The summed E-state index contributed by atoms with van der Waals surface area (Å²) in [7, 11) is 0. The van der Waals surface area contributed by atoms with Gasteiger partial charge in [-0.05, 0) is 32.8 Å². The van der Waals surface area contributed by atoms with Gasteiger partial charge in [0.2, 0.25) is 0 Å². The summed E-state index contributed by atoms with van der Waals surface area (Å²) in [6.07, 6.45) is 6.21. The van der Waals surface area contributed by atoms with E-state index in [0.717, 1.165) is 30.9 Å². The molecule has 3 aliphatic rings. The molecule has 1 aromatic carbocycles. The van der Waals surface area contributed by atoms with Crippen LogP contribution in [0.25, 0.3) is 0 Å². The number of nitrogens with two attached hydrogens (primary N) is 1. The van der Waals surface area contributed by atoms with Gasteiger partial charge in [-0.15, -0.1) is 0 Å². The normalized spacial score (nSPS) is 29.1. The topological polar surface area (TPSA) is 44.5 Å². The molecule has 3 nitrogen and oxygen atoms in total. The fourth-order valence-corrected chi connectivity index (χ4v) is 4.14. The molecule has 1 aromatic rings. The second-order valence-corrected chi connectivity index (χ2v) is 6.82. The van der Waals surface area contributed by atoms with Crippen molar-refractivity contribution in [2.75, 3.05) is 6.54 Å². The van der Waals surface area contributed by atoms with E-state index in [1.807, 2.05) is 0 Å². The quantitative estimate of drug-likeness (QED) is 0.901. The summed E-state index contributed by atoms with van der Waals surface area (Å²) in [5.74, 6) is 2.22. The first-order chi connectivity index (χ1) is 9.63. The number of hydrogen-bond donors (Lipinski definition) is 1. The van der Waals surface area contributed by atoms with E-state index in [9.17, 15) is 0 Å². The summed E-state index contributed by atoms with van der Waals surface area (Å²) in [5.41, 5.74) is 10.4. The molecule has 1 saturated carbocycles. The van der Waals surface area contributed by atoms with E-state index in [1.165, 1.54) is 36.0 Å². The van der Waals surface area contributed by atoms with Crippen LogP contribution in [-0.2, 0) is 18.3 Å². The zero-order valence-electron chi connectivity index (χ0n) is 12.4. The van der Waals surface area contributed by atoms with E-state index in [4.69, 9.17) is 15.2 Å². The molecular weight excluding hydrogens is 250 g/mol. The first kappa shape index (κ1) is 12.5. The van der Waals surface area contributed by atoms with Crippen LogP contribution in [0.5, 0.6) is 11.5 Å². The molecule has 0 saturated heterocycles. The standard InChI is InChI=1S/C17H23NO2/c1-10-6-12-8-14-13(7-11(2)19-14)15(16(12)20-10)17(9-18)4-3-5-17/h8,10-11H,3-7,9,18H2,1-2H3. The van der Waals surface area contributed by atoms with E-state index in [1.54, 1.807) is 0 Å². The highest BCUT2D eigenvalue weighted by Crippen LogP contribution is 2.54. The molecule has 1 aliphatic carbocycles. The largest absolute Gasteiger partial charge is 0.490 e. The average Bonchev–Trinajstić information content (AvgIpc) is 2.88. The molecule has 2 unspecified atom stereocenters. The Hall–Kier alpha value is -1.22. The fourth-order valence-electron chi connectivity index (χ4n) is 4.14. The molecule has 0 aromatic heterocycles. The molecule has 0 bridgehead atoms. The van der Waals surface area contributed by atoms with Crippen LogP contribution in [0.4, 0.5) is 0 Å². The maximum atomic E-state index is 6.17. The number of benzene rings is 1. The van der Waals surface area contributed by atoms with Gasteiger partial charge in [0.1, 0.15) is 23.7 Å². The van der Waals surface area contributed by atoms with Crippen molar-refractivity contribution in [3.05, 3.63) is 22.8 Å². The van der Waals surface area contributed by atoms with Crippen LogP contribution in [0.2, 0.25) is 0 Å². The Kier molecular flexibility index (Phi) is 2.59. The lowest BCUT2D eigenvalue weighted by Gasteiger charge is -2.43. The molecule has 2 atom stereocenters.